The number of para-hydroxylation sites is 1. The Morgan fingerprint density at radius 3 is 2.75 bits per heavy atom. The van der Waals surface area contributed by atoms with E-state index in [1.165, 1.54) is 25.7 Å². The molecule has 0 aliphatic rings. The third kappa shape index (κ3) is 3.26. The van der Waals surface area contributed by atoms with Gasteiger partial charge in [0, 0.05) is 6.54 Å². The van der Waals surface area contributed by atoms with Crippen molar-refractivity contribution in [1.29, 1.82) is 0 Å². The van der Waals surface area contributed by atoms with Crippen LogP contribution in [-0.2, 0) is 6.54 Å². The molecule has 0 atom stereocenters. The monoisotopic (exact) mass is 293 g/mol. The second-order valence-electron chi connectivity index (χ2n) is 6.29. The number of halogens is 1. The number of benzene rings is 1. The van der Waals surface area contributed by atoms with Gasteiger partial charge in [0.2, 0.25) is 5.95 Å². The molecule has 0 unspecified atom stereocenters. The van der Waals surface area contributed by atoms with Crippen LogP contribution in [0.2, 0.25) is 5.02 Å². The SMILES string of the molecule is CCCCCC(C)(C)Cn1c(N)nc2cccc(Cl)c21. The molecule has 0 aliphatic heterocycles. The smallest absolute Gasteiger partial charge is 0.201 e. The number of nitrogens with two attached hydrogens (primary N) is 1. The fourth-order valence-electron chi connectivity index (χ4n) is 2.68. The van der Waals surface area contributed by atoms with Gasteiger partial charge >= 0.3 is 0 Å². The third-order valence-electron chi connectivity index (χ3n) is 3.79. The lowest BCUT2D eigenvalue weighted by Gasteiger charge is -2.26. The average molecular weight is 294 g/mol. The zero-order valence-electron chi connectivity index (χ0n) is 12.6. The minimum atomic E-state index is 0.191. The predicted molar refractivity (Wildman–Crippen MR) is 87.1 cm³/mol. The molecule has 110 valence electrons. The highest BCUT2D eigenvalue weighted by molar-refractivity contribution is 6.35. The van der Waals surface area contributed by atoms with Crippen LogP contribution in [0.25, 0.3) is 11.0 Å². The molecule has 0 radical (unpaired) electrons. The number of aromatic nitrogens is 2. The highest BCUT2D eigenvalue weighted by atomic mass is 35.5. The van der Waals surface area contributed by atoms with Crippen molar-refractivity contribution in [2.24, 2.45) is 5.41 Å². The summed E-state index contributed by atoms with van der Waals surface area (Å²) < 4.78 is 2.06. The molecule has 0 saturated carbocycles. The van der Waals surface area contributed by atoms with Gasteiger partial charge < -0.3 is 10.3 Å². The van der Waals surface area contributed by atoms with Gasteiger partial charge in [-0.1, -0.05) is 57.7 Å². The van der Waals surface area contributed by atoms with Crippen LogP contribution >= 0.6 is 11.6 Å². The first-order valence-corrected chi connectivity index (χ1v) is 7.72. The van der Waals surface area contributed by atoms with E-state index >= 15 is 0 Å². The van der Waals surface area contributed by atoms with Crippen LogP contribution in [0.5, 0.6) is 0 Å². The second-order valence-corrected chi connectivity index (χ2v) is 6.69. The number of nitrogens with zero attached hydrogens (tertiary/aromatic N) is 2. The van der Waals surface area contributed by atoms with Crippen LogP contribution in [0, 0.1) is 5.41 Å². The number of unbranched alkanes of at least 4 members (excludes halogenated alkanes) is 2. The summed E-state index contributed by atoms with van der Waals surface area (Å²) in [6.45, 7) is 7.65. The van der Waals surface area contributed by atoms with Gasteiger partial charge in [0.25, 0.3) is 0 Å². The van der Waals surface area contributed by atoms with Crippen molar-refractivity contribution >= 4 is 28.6 Å². The van der Waals surface area contributed by atoms with Crippen LogP contribution in [-0.4, -0.2) is 9.55 Å². The molecule has 0 aliphatic carbocycles. The standard InChI is InChI=1S/C16H24ClN3/c1-4-5-6-10-16(2,3)11-20-14-12(17)8-7-9-13(14)19-15(20)18/h7-9H,4-6,10-11H2,1-3H3,(H2,18,19). The van der Waals surface area contributed by atoms with E-state index < -0.39 is 0 Å². The molecule has 2 N–H and O–H groups in total. The van der Waals surface area contributed by atoms with Crippen LogP contribution in [0.1, 0.15) is 46.5 Å². The van der Waals surface area contributed by atoms with E-state index in [1.807, 2.05) is 18.2 Å². The summed E-state index contributed by atoms with van der Waals surface area (Å²) in [5, 5.41) is 0.719. The van der Waals surface area contributed by atoms with Crippen LogP contribution < -0.4 is 5.73 Å². The molecule has 4 heteroatoms. The summed E-state index contributed by atoms with van der Waals surface area (Å²) in [7, 11) is 0. The summed E-state index contributed by atoms with van der Waals surface area (Å²) in [5.74, 6) is 0.552. The molecule has 1 aromatic carbocycles. The first kappa shape index (κ1) is 15.2. The van der Waals surface area contributed by atoms with Gasteiger partial charge in [-0.15, -0.1) is 0 Å². The molecule has 0 saturated heterocycles. The van der Waals surface area contributed by atoms with Crippen molar-refractivity contribution in [2.75, 3.05) is 5.73 Å². The Morgan fingerprint density at radius 1 is 1.30 bits per heavy atom. The minimum absolute atomic E-state index is 0.191. The fourth-order valence-corrected chi connectivity index (χ4v) is 2.95. The molecule has 2 aromatic rings. The quantitative estimate of drug-likeness (QED) is 0.772. The number of hydrogen-bond acceptors (Lipinski definition) is 2. The highest BCUT2D eigenvalue weighted by Gasteiger charge is 2.21. The van der Waals surface area contributed by atoms with Crippen molar-refractivity contribution in [3.05, 3.63) is 23.2 Å². The summed E-state index contributed by atoms with van der Waals surface area (Å²) in [4.78, 5) is 4.41. The number of imidazole rings is 1. The molecule has 3 nitrogen and oxygen atoms in total. The Hall–Kier alpha value is -1.22. The average Bonchev–Trinajstić information content (AvgIpc) is 2.67. The van der Waals surface area contributed by atoms with E-state index in [2.05, 4.69) is 30.3 Å². The summed E-state index contributed by atoms with van der Waals surface area (Å²) >= 11 is 6.31. The van der Waals surface area contributed by atoms with Gasteiger partial charge in [0.05, 0.1) is 16.1 Å². The van der Waals surface area contributed by atoms with Gasteiger partial charge in [-0.2, -0.15) is 0 Å². The third-order valence-corrected chi connectivity index (χ3v) is 4.10. The maximum Gasteiger partial charge on any atom is 0.201 e. The van der Waals surface area contributed by atoms with E-state index in [1.54, 1.807) is 0 Å². The molecule has 2 rings (SSSR count). The number of nitrogen functional groups attached to an aromatic ring is 1. The van der Waals surface area contributed by atoms with Gasteiger partial charge in [0.1, 0.15) is 0 Å². The van der Waals surface area contributed by atoms with E-state index in [-0.39, 0.29) is 5.41 Å². The van der Waals surface area contributed by atoms with Crippen molar-refractivity contribution in [3.63, 3.8) is 0 Å². The minimum Gasteiger partial charge on any atom is -0.369 e. The van der Waals surface area contributed by atoms with Crippen molar-refractivity contribution in [1.82, 2.24) is 9.55 Å². The maximum atomic E-state index is 6.31. The molecule has 1 aromatic heterocycles. The zero-order chi connectivity index (χ0) is 14.8. The first-order valence-electron chi connectivity index (χ1n) is 7.35. The second kappa shape index (κ2) is 6.04. The molecule has 0 fully saturated rings. The molecule has 0 spiro atoms. The predicted octanol–water partition coefficient (Wildman–Crippen LogP) is 4.88. The molecule has 20 heavy (non-hydrogen) atoms. The van der Waals surface area contributed by atoms with Crippen molar-refractivity contribution in [3.8, 4) is 0 Å². The molecule has 0 amide bonds. The number of rotatable bonds is 6. The lowest BCUT2D eigenvalue weighted by Crippen LogP contribution is -2.21. The molecular formula is C16H24ClN3. The lowest BCUT2D eigenvalue weighted by molar-refractivity contribution is 0.276. The van der Waals surface area contributed by atoms with Crippen LogP contribution in [0.4, 0.5) is 5.95 Å². The fraction of sp³-hybridized carbons (Fsp3) is 0.562. The van der Waals surface area contributed by atoms with E-state index in [0.29, 0.717) is 5.95 Å². The Balaban J connectivity index is 2.27. The molecule has 1 heterocycles. The van der Waals surface area contributed by atoms with Crippen molar-refractivity contribution < 1.29 is 0 Å². The topological polar surface area (TPSA) is 43.8 Å². The Kier molecular flexibility index (Phi) is 4.59. The zero-order valence-corrected chi connectivity index (χ0v) is 13.4. The van der Waals surface area contributed by atoms with Gasteiger partial charge in [-0.25, -0.2) is 4.98 Å². The molecule has 0 bridgehead atoms. The molecular weight excluding hydrogens is 270 g/mol. The van der Waals surface area contributed by atoms with Gasteiger partial charge in [-0.3, -0.25) is 0 Å². The number of anilines is 1. The highest BCUT2D eigenvalue weighted by Crippen LogP contribution is 2.32. The lowest BCUT2D eigenvalue weighted by atomic mass is 9.86. The van der Waals surface area contributed by atoms with E-state index in [9.17, 15) is 0 Å². The number of hydrogen-bond donors (Lipinski definition) is 1. The normalized spacial score (nSPS) is 12.2. The number of fused-ring (bicyclic) bond motifs is 1. The summed E-state index contributed by atoms with van der Waals surface area (Å²) in [5.41, 5.74) is 8.10. The maximum absolute atomic E-state index is 6.31. The van der Waals surface area contributed by atoms with Crippen molar-refractivity contribution in [2.45, 2.75) is 53.0 Å². The first-order chi connectivity index (χ1) is 9.44. The van der Waals surface area contributed by atoms with E-state index in [0.717, 1.165) is 22.6 Å². The van der Waals surface area contributed by atoms with Gasteiger partial charge in [0.15, 0.2) is 0 Å². The Morgan fingerprint density at radius 2 is 2.05 bits per heavy atom. The largest absolute Gasteiger partial charge is 0.369 e. The van der Waals surface area contributed by atoms with Crippen LogP contribution in [0.15, 0.2) is 18.2 Å². The van der Waals surface area contributed by atoms with Gasteiger partial charge in [-0.05, 0) is 24.0 Å². The summed E-state index contributed by atoms with van der Waals surface area (Å²) in [6, 6.07) is 5.76. The van der Waals surface area contributed by atoms with E-state index in [4.69, 9.17) is 17.3 Å². The van der Waals surface area contributed by atoms with Crippen LogP contribution in [0.3, 0.4) is 0 Å². The summed E-state index contributed by atoms with van der Waals surface area (Å²) in [6.07, 6.45) is 4.97. The Bertz CT molecular complexity index is 587. The Labute approximate surface area is 126 Å².